The van der Waals surface area contributed by atoms with Crippen LogP contribution in [0.2, 0.25) is 0 Å². The lowest BCUT2D eigenvalue weighted by atomic mass is 9.89. The first-order valence-corrected chi connectivity index (χ1v) is 5.34. The van der Waals surface area contributed by atoms with Crippen molar-refractivity contribution in [1.82, 2.24) is 0 Å². The van der Waals surface area contributed by atoms with Gasteiger partial charge in [0.1, 0.15) is 0 Å². The lowest BCUT2D eigenvalue weighted by Gasteiger charge is -2.16. The third kappa shape index (κ3) is 0.834. The molecule has 0 radical (unpaired) electrons. The van der Waals surface area contributed by atoms with E-state index in [1.54, 1.807) is 0 Å². The Morgan fingerprint density at radius 1 is 1.55 bits per heavy atom. The zero-order valence-electron chi connectivity index (χ0n) is 6.32. The van der Waals surface area contributed by atoms with Crippen LogP contribution in [0.5, 0.6) is 0 Å². The molecule has 0 spiro atoms. The molecule has 1 saturated heterocycles. The second-order valence-electron chi connectivity index (χ2n) is 3.54. The summed E-state index contributed by atoms with van der Waals surface area (Å²) in [6.07, 6.45) is 0.715. The Kier molecular flexibility index (Phi) is 1.20. The van der Waals surface area contributed by atoms with Gasteiger partial charge in [-0.15, -0.1) is 0 Å². The van der Waals surface area contributed by atoms with Gasteiger partial charge in [-0.1, -0.05) is 6.92 Å². The predicted molar refractivity (Wildman–Crippen MR) is 40.0 cm³/mol. The molecule has 0 aromatic rings. The summed E-state index contributed by atoms with van der Waals surface area (Å²) >= 11 is 0. The van der Waals surface area contributed by atoms with E-state index in [0.29, 0.717) is 13.0 Å². The molecule has 0 amide bonds. The number of fused-ring (bicyclic) bond motifs is 1. The smallest absolute Gasteiger partial charge is 0.179 e. The van der Waals surface area contributed by atoms with E-state index in [0.717, 1.165) is 0 Å². The van der Waals surface area contributed by atoms with Crippen molar-refractivity contribution in [3.8, 4) is 0 Å². The molecule has 0 aromatic carbocycles. The van der Waals surface area contributed by atoms with Gasteiger partial charge >= 0.3 is 0 Å². The van der Waals surface area contributed by atoms with Crippen LogP contribution in [0.25, 0.3) is 0 Å². The van der Waals surface area contributed by atoms with Gasteiger partial charge in [0, 0.05) is 5.41 Å². The molecular weight excluding hydrogens is 164 g/mol. The monoisotopic (exact) mass is 174 g/mol. The summed E-state index contributed by atoms with van der Waals surface area (Å²) in [5, 5.41) is 7.01. The summed E-state index contributed by atoms with van der Waals surface area (Å²) in [5.74, 6) is 0.285. The number of hydrogen-bond acceptors (Lipinski definition) is 4. The number of hydrogen-bond donors (Lipinski definition) is 0. The zero-order chi connectivity index (χ0) is 8.11. The predicted octanol–water partition coefficient (Wildman–Crippen LogP) is 0.603. The average Bonchev–Trinajstić information content (AvgIpc) is 2.36. The van der Waals surface area contributed by atoms with Crippen LogP contribution in [0.3, 0.4) is 0 Å². The molecule has 5 heteroatoms. The molecule has 2 aliphatic rings. The molecule has 0 N–H and O–H groups in total. The molecule has 2 aliphatic heterocycles. The van der Waals surface area contributed by atoms with Crippen LogP contribution < -0.4 is 0 Å². The molecule has 2 heterocycles. The van der Waals surface area contributed by atoms with Crippen molar-refractivity contribution < 1.29 is 8.42 Å². The highest BCUT2D eigenvalue weighted by Crippen LogP contribution is 2.43. The molecule has 62 valence electrons. The van der Waals surface area contributed by atoms with Gasteiger partial charge < -0.3 is 0 Å². The number of azo groups is 1. The highest BCUT2D eigenvalue weighted by molar-refractivity contribution is 7.92. The second-order valence-corrected chi connectivity index (χ2v) is 5.72. The van der Waals surface area contributed by atoms with Crippen molar-refractivity contribution in [2.24, 2.45) is 15.6 Å². The third-order valence-corrected chi connectivity index (χ3v) is 4.63. The maximum absolute atomic E-state index is 11.3. The highest BCUT2D eigenvalue weighted by atomic mass is 32.2. The van der Waals surface area contributed by atoms with Crippen LogP contribution >= 0.6 is 0 Å². The first-order valence-electron chi connectivity index (χ1n) is 3.63. The molecule has 11 heavy (non-hydrogen) atoms. The zero-order valence-corrected chi connectivity index (χ0v) is 7.13. The van der Waals surface area contributed by atoms with Crippen LogP contribution in [0, 0.1) is 5.41 Å². The summed E-state index contributed by atoms with van der Waals surface area (Å²) < 4.78 is 22.6. The Balaban J connectivity index is 2.48. The third-order valence-electron chi connectivity index (χ3n) is 2.51. The highest BCUT2D eigenvalue weighted by Gasteiger charge is 2.52. The number of sulfone groups is 1. The SMILES string of the molecule is CC12CCS(=O)(=O)C1N=NC2. The van der Waals surface area contributed by atoms with Gasteiger partial charge in [0.05, 0.1) is 12.3 Å². The van der Waals surface area contributed by atoms with E-state index in [4.69, 9.17) is 0 Å². The Bertz CT molecular complexity index is 309. The minimum absolute atomic E-state index is 0.182. The van der Waals surface area contributed by atoms with Crippen LogP contribution in [0.1, 0.15) is 13.3 Å². The summed E-state index contributed by atoms with van der Waals surface area (Å²) in [6, 6.07) is 0. The summed E-state index contributed by atoms with van der Waals surface area (Å²) in [7, 11) is -2.94. The van der Waals surface area contributed by atoms with Crippen molar-refractivity contribution in [2.45, 2.75) is 18.7 Å². The first kappa shape index (κ1) is 7.21. The quantitative estimate of drug-likeness (QED) is 0.540. The average molecular weight is 174 g/mol. The summed E-state index contributed by atoms with van der Waals surface area (Å²) in [6.45, 7) is 2.53. The Hall–Kier alpha value is -0.450. The largest absolute Gasteiger partial charge is 0.227 e. The Morgan fingerprint density at radius 2 is 2.27 bits per heavy atom. The van der Waals surface area contributed by atoms with E-state index < -0.39 is 15.2 Å². The van der Waals surface area contributed by atoms with Gasteiger partial charge in [0.15, 0.2) is 15.2 Å². The van der Waals surface area contributed by atoms with Crippen LogP contribution in [0.15, 0.2) is 10.2 Å². The topological polar surface area (TPSA) is 58.9 Å². The van der Waals surface area contributed by atoms with Crippen LogP contribution in [-0.2, 0) is 9.84 Å². The van der Waals surface area contributed by atoms with E-state index in [2.05, 4.69) is 10.2 Å². The maximum atomic E-state index is 11.3. The fraction of sp³-hybridized carbons (Fsp3) is 1.00. The number of rotatable bonds is 0. The second kappa shape index (κ2) is 1.83. The molecule has 2 rings (SSSR count). The Morgan fingerprint density at radius 3 is 2.91 bits per heavy atom. The summed E-state index contributed by atoms with van der Waals surface area (Å²) in [5.41, 5.74) is -0.182. The van der Waals surface area contributed by atoms with Crippen molar-refractivity contribution >= 4 is 9.84 Å². The van der Waals surface area contributed by atoms with Gasteiger partial charge in [-0.3, -0.25) is 0 Å². The lowest BCUT2D eigenvalue weighted by molar-refractivity contribution is 0.370. The molecule has 0 aliphatic carbocycles. The van der Waals surface area contributed by atoms with Crippen molar-refractivity contribution in [3.05, 3.63) is 0 Å². The van der Waals surface area contributed by atoms with Crippen LogP contribution in [-0.4, -0.2) is 26.1 Å². The number of nitrogens with zero attached hydrogens (tertiary/aromatic N) is 2. The molecule has 1 fully saturated rings. The molecule has 4 nitrogen and oxygen atoms in total. The molecule has 0 bridgehead atoms. The van der Waals surface area contributed by atoms with Crippen molar-refractivity contribution in [2.75, 3.05) is 12.3 Å². The minimum atomic E-state index is -2.94. The molecule has 2 atom stereocenters. The van der Waals surface area contributed by atoms with E-state index in [-0.39, 0.29) is 11.2 Å². The molecular formula is C6H10N2O2S. The van der Waals surface area contributed by atoms with Gasteiger partial charge in [0.2, 0.25) is 0 Å². The van der Waals surface area contributed by atoms with Gasteiger partial charge in [-0.25, -0.2) is 8.42 Å². The van der Waals surface area contributed by atoms with E-state index >= 15 is 0 Å². The van der Waals surface area contributed by atoms with E-state index in [9.17, 15) is 8.42 Å². The minimum Gasteiger partial charge on any atom is -0.227 e. The normalized spacial score (nSPS) is 46.1. The first-order chi connectivity index (χ1) is 5.05. The van der Waals surface area contributed by atoms with Crippen molar-refractivity contribution in [1.29, 1.82) is 0 Å². The van der Waals surface area contributed by atoms with E-state index in [1.807, 2.05) is 6.92 Å². The standard InChI is InChI=1S/C6H10N2O2S/c1-6-2-3-11(9,10)5(6)8-7-4-6/h5H,2-4H2,1H3. The molecule has 2 unspecified atom stereocenters. The van der Waals surface area contributed by atoms with Gasteiger partial charge in [-0.05, 0) is 6.42 Å². The summed E-state index contributed by atoms with van der Waals surface area (Å²) in [4.78, 5) is 0. The van der Waals surface area contributed by atoms with Crippen molar-refractivity contribution in [3.63, 3.8) is 0 Å². The fourth-order valence-corrected chi connectivity index (χ4v) is 3.93. The van der Waals surface area contributed by atoms with E-state index in [1.165, 1.54) is 0 Å². The molecule has 0 aromatic heterocycles. The van der Waals surface area contributed by atoms with Gasteiger partial charge in [0.25, 0.3) is 0 Å². The Labute approximate surface area is 65.6 Å². The molecule has 0 saturated carbocycles. The van der Waals surface area contributed by atoms with Crippen LogP contribution in [0.4, 0.5) is 0 Å². The maximum Gasteiger partial charge on any atom is 0.179 e. The van der Waals surface area contributed by atoms with Gasteiger partial charge in [-0.2, -0.15) is 10.2 Å². The fourth-order valence-electron chi connectivity index (χ4n) is 1.69. The lowest BCUT2D eigenvalue weighted by Crippen LogP contribution is -2.27.